The van der Waals surface area contributed by atoms with Crippen molar-refractivity contribution in [2.75, 3.05) is 94.9 Å². The van der Waals surface area contributed by atoms with E-state index in [2.05, 4.69) is 21.3 Å². The van der Waals surface area contributed by atoms with Gasteiger partial charge in [0.2, 0.25) is 70.9 Å². The summed E-state index contributed by atoms with van der Waals surface area (Å²) in [6.07, 6.45) is 1.11. The minimum atomic E-state index is -4.74. The molecule has 4 fully saturated rings. The molecule has 4 N–H and O–H groups in total. The molecule has 0 radical (unpaired) electrons. The molecule has 3 heterocycles. The molecule has 5 rings (SSSR count). The topological polar surface area (TPSA) is 288 Å². The van der Waals surface area contributed by atoms with Crippen molar-refractivity contribution in [3.63, 3.8) is 0 Å². The molecule has 29 heteroatoms. The van der Waals surface area contributed by atoms with Gasteiger partial charge in [0.1, 0.15) is 49.0 Å². The van der Waals surface area contributed by atoms with E-state index < -0.39 is 168 Å². The number of likely N-dealkylation sites (N-methyl/N-ethyl adjacent to an activating group) is 6. The number of halogens is 4. The SMILES string of the molecule is CC[C@H](C)[C@@H]1NC(=O)[C@H](CC(C)C)N(C)C(=O)C[C@@H](C(=O)N2CCOC2)NC(=O)[C@H]([C@@H](C)CC)N(C)C(=O)CCCCNC(=O)[C@@H]2CCCN2C(=O)[C@H](CCc2ccc(C(F)(F)F)c(Cl)c2)NC(=O)CN(C)C(=O)[C@H](CC2CCCCC2)N(C)C(=O)CN(C)C(=O)CN(C)C1=O. The molecule has 0 unspecified atom stereocenters. The van der Waals surface area contributed by atoms with Gasteiger partial charge in [0.05, 0.1) is 43.2 Å². The second-order valence-electron chi connectivity index (χ2n) is 27.1. The van der Waals surface area contributed by atoms with E-state index in [0.717, 1.165) is 58.9 Å². The number of aryl methyl sites for hydroxylation is 1. The Balaban J connectivity index is 1.50. The van der Waals surface area contributed by atoms with Gasteiger partial charge in [-0.3, -0.25) is 57.5 Å². The van der Waals surface area contributed by atoms with Crippen LogP contribution in [0.15, 0.2) is 18.2 Å². The standard InChI is InChI=1S/C67H104ClF3N12O13/c1-13-42(5)58-66(95)78(9)38-56(87)76(7)39-57(88)80(11)52(35-44-21-16-15-17-22-44)65(94)77(8)37-53(84)73-48(28-26-45-25-27-46(47(68)34-45)67(69,70)71)64(93)83-30-20-23-50(83)60(89)72-29-19-18-24-54(85)81(12)59(43(6)14-2)62(91)74-49(63(92)82-31-32-96-40-82)36-55(86)79(10)51(33-41(3)4)61(90)75-58/h25,27,34,41-44,48-52,58-59H,13-24,26,28-33,35-40H2,1-12H3,(H,72,89)(H,73,84)(H,74,91)(H,75,90)/t42-,43-,48-,49-,50-,51-,52-,58-,59-/m0/s1. The Labute approximate surface area is 568 Å². The van der Waals surface area contributed by atoms with Crippen molar-refractivity contribution in [2.24, 2.45) is 23.7 Å². The van der Waals surface area contributed by atoms with Crippen LogP contribution in [0.5, 0.6) is 0 Å². The molecule has 1 saturated carbocycles. The van der Waals surface area contributed by atoms with Gasteiger partial charge in [-0.15, -0.1) is 0 Å². The van der Waals surface area contributed by atoms with Crippen molar-refractivity contribution in [2.45, 2.75) is 199 Å². The predicted octanol–water partition coefficient (Wildman–Crippen LogP) is 4.21. The zero-order valence-electron chi connectivity index (χ0n) is 58.2. The monoisotopic (exact) mass is 1380 g/mol. The van der Waals surface area contributed by atoms with Gasteiger partial charge in [0, 0.05) is 68.3 Å². The summed E-state index contributed by atoms with van der Waals surface area (Å²) in [7, 11) is 8.41. The molecule has 1 aromatic carbocycles. The maximum absolute atomic E-state index is 14.7. The average Bonchev–Trinajstić information content (AvgIpc) is 1.55. The molecular formula is C67H104ClF3N12O13. The number of alkyl halides is 3. The minimum Gasteiger partial charge on any atom is -0.359 e. The number of carbonyl (C=O) groups excluding carboxylic acids is 12. The summed E-state index contributed by atoms with van der Waals surface area (Å²) in [5, 5.41) is 10.7. The first kappa shape index (κ1) is 79.6. The van der Waals surface area contributed by atoms with Gasteiger partial charge in [0.25, 0.3) is 0 Å². The third-order valence-electron chi connectivity index (χ3n) is 19.3. The third-order valence-corrected chi connectivity index (χ3v) is 19.6. The number of nitrogens with zero attached hydrogens (tertiary/aromatic N) is 8. The van der Waals surface area contributed by atoms with Gasteiger partial charge in [-0.1, -0.05) is 104 Å². The number of rotatable bonds is 12. The van der Waals surface area contributed by atoms with Crippen LogP contribution in [-0.4, -0.2) is 247 Å². The van der Waals surface area contributed by atoms with E-state index in [1.165, 1.54) is 72.9 Å². The van der Waals surface area contributed by atoms with E-state index in [1.807, 2.05) is 27.7 Å². The summed E-state index contributed by atoms with van der Waals surface area (Å²) < 4.78 is 46.6. The second-order valence-corrected chi connectivity index (χ2v) is 27.5. The fourth-order valence-corrected chi connectivity index (χ4v) is 13.2. The molecule has 0 aromatic heterocycles. The maximum atomic E-state index is 14.7. The Morgan fingerprint density at radius 1 is 0.656 bits per heavy atom. The maximum Gasteiger partial charge on any atom is 0.417 e. The molecule has 3 aliphatic heterocycles. The molecule has 0 spiro atoms. The van der Waals surface area contributed by atoms with Gasteiger partial charge in [-0.25, -0.2) is 0 Å². The second kappa shape index (κ2) is 37.0. The van der Waals surface area contributed by atoms with E-state index >= 15 is 0 Å². The number of ether oxygens (including phenoxy) is 1. The molecule has 538 valence electrons. The lowest BCUT2D eigenvalue weighted by atomic mass is 9.84. The summed E-state index contributed by atoms with van der Waals surface area (Å²) in [6.45, 7) is 9.64. The van der Waals surface area contributed by atoms with Crippen LogP contribution in [0.4, 0.5) is 13.2 Å². The van der Waals surface area contributed by atoms with Crippen molar-refractivity contribution in [1.82, 2.24) is 60.5 Å². The van der Waals surface area contributed by atoms with Crippen molar-refractivity contribution < 1.29 is 75.4 Å². The van der Waals surface area contributed by atoms with Gasteiger partial charge in [-0.2, -0.15) is 13.2 Å². The van der Waals surface area contributed by atoms with E-state index in [4.69, 9.17) is 16.3 Å². The summed E-state index contributed by atoms with van der Waals surface area (Å²) in [5.74, 6) is -8.76. The molecule has 0 bridgehead atoms. The van der Waals surface area contributed by atoms with Gasteiger partial charge in [-0.05, 0) is 92.7 Å². The number of nitrogens with one attached hydrogen (secondary N) is 4. The molecule has 1 aromatic rings. The quantitative estimate of drug-likeness (QED) is 0.229. The smallest absolute Gasteiger partial charge is 0.359 e. The summed E-state index contributed by atoms with van der Waals surface area (Å²) in [4.78, 5) is 182. The van der Waals surface area contributed by atoms with Gasteiger partial charge < -0.3 is 65.2 Å². The van der Waals surface area contributed by atoms with Crippen molar-refractivity contribution in [3.05, 3.63) is 34.3 Å². The van der Waals surface area contributed by atoms with Gasteiger partial charge >= 0.3 is 6.18 Å². The number of hydrogen-bond acceptors (Lipinski definition) is 13. The van der Waals surface area contributed by atoms with Crippen molar-refractivity contribution in [1.29, 1.82) is 0 Å². The molecule has 9 atom stereocenters. The first-order valence-electron chi connectivity index (χ1n) is 33.9. The molecular weight excluding hydrogens is 1270 g/mol. The lowest BCUT2D eigenvalue weighted by Crippen LogP contribution is -2.59. The molecule has 25 nitrogen and oxygen atoms in total. The Hall–Kier alpha value is -7.10. The molecule has 96 heavy (non-hydrogen) atoms. The average molecular weight is 1380 g/mol. The van der Waals surface area contributed by atoms with E-state index in [0.29, 0.717) is 31.2 Å². The van der Waals surface area contributed by atoms with Crippen LogP contribution in [0.3, 0.4) is 0 Å². The first-order chi connectivity index (χ1) is 45.2. The number of hydrogen-bond donors (Lipinski definition) is 4. The van der Waals surface area contributed by atoms with E-state index in [1.54, 1.807) is 13.8 Å². The fourth-order valence-electron chi connectivity index (χ4n) is 12.9. The zero-order valence-corrected chi connectivity index (χ0v) is 58.9. The van der Waals surface area contributed by atoms with Crippen LogP contribution in [0.1, 0.15) is 155 Å². The lowest BCUT2D eigenvalue weighted by molar-refractivity contribution is -0.149. The lowest BCUT2D eigenvalue weighted by Gasteiger charge is -2.35. The molecule has 12 amide bonds. The highest BCUT2D eigenvalue weighted by Crippen LogP contribution is 2.36. The minimum absolute atomic E-state index is 0.0251. The normalized spacial score (nSPS) is 25.6. The Kier molecular flexibility index (Phi) is 30.7. The summed E-state index contributed by atoms with van der Waals surface area (Å²) in [6, 6.07) is -5.29. The molecule has 3 saturated heterocycles. The van der Waals surface area contributed by atoms with Crippen LogP contribution in [0, 0.1) is 23.7 Å². The number of carbonyl (C=O) groups is 12. The number of benzene rings is 1. The van der Waals surface area contributed by atoms with E-state index in [9.17, 15) is 70.7 Å². The van der Waals surface area contributed by atoms with Crippen LogP contribution >= 0.6 is 11.6 Å². The molecule has 1 aliphatic carbocycles. The highest BCUT2D eigenvalue weighted by Gasteiger charge is 2.43. The van der Waals surface area contributed by atoms with E-state index in [-0.39, 0.29) is 89.8 Å². The number of fused-ring (bicyclic) bond motifs is 1. The highest BCUT2D eigenvalue weighted by atomic mass is 35.5. The summed E-state index contributed by atoms with van der Waals surface area (Å²) >= 11 is 6.09. The van der Waals surface area contributed by atoms with Crippen molar-refractivity contribution >= 4 is 82.5 Å². The summed E-state index contributed by atoms with van der Waals surface area (Å²) in [5.41, 5.74) is -0.742. The van der Waals surface area contributed by atoms with Crippen LogP contribution in [0.25, 0.3) is 0 Å². The molecule has 4 aliphatic rings. The van der Waals surface area contributed by atoms with Crippen molar-refractivity contribution in [3.8, 4) is 0 Å². The fraction of sp³-hybridized carbons (Fsp3) is 0.731. The van der Waals surface area contributed by atoms with Crippen LogP contribution in [0.2, 0.25) is 5.02 Å². The highest BCUT2D eigenvalue weighted by molar-refractivity contribution is 6.31. The predicted molar refractivity (Wildman–Crippen MR) is 351 cm³/mol. The Bertz CT molecular complexity index is 2910. The Morgan fingerprint density at radius 2 is 1.30 bits per heavy atom. The van der Waals surface area contributed by atoms with Gasteiger partial charge in [0.15, 0.2) is 0 Å². The largest absolute Gasteiger partial charge is 0.417 e. The third kappa shape index (κ3) is 22.2. The van der Waals surface area contributed by atoms with Crippen LogP contribution < -0.4 is 21.3 Å². The zero-order chi connectivity index (χ0) is 71.5. The Morgan fingerprint density at radius 3 is 1.92 bits per heavy atom. The number of amides is 12. The van der Waals surface area contributed by atoms with Crippen LogP contribution in [-0.2, 0) is 74.9 Å². The first-order valence-corrected chi connectivity index (χ1v) is 34.3.